The first-order chi connectivity index (χ1) is 13.6. The normalized spacial score (nSPS) is 10.6. The van der Waals surface area contributed by atoms with E-state index in [-0.39, 0.29) is 11.7 Å². The molecule has 28 heavy (non-hydrogen) atoms. The molecule has 2 heterocycles. The summed E-state index contributed by atoms with van der Waals surface area (Å²) in [5.74, 6) is 1.62. The van der Waals surface area contributed by atoms with Gasteiger partial charge >= 0.3 is 0 Å². The molecule has 0 aliphatic rings. The Hall–Kier alpha value is -2.65. The number of para-hydroxylation sites is 1. The second-order valence-electron chi connectivity index (χ2n) is 5.98. The number of carbonyl (C=O) groups excluding carboxylic acids is 1. The van der Waals surface area contributed by atoms with Crippen molar-refractivity contribution in [3.05, 3.63) is 59.4 Å². The smallest absolute Gasteiger partial charge is 0.236 e. The highest BCUT2D eigenvalue weighted by Gasteiger charge is 2.15. The van der Waals surface area contributed by atoms with Crippen molar-refractivity contribution in [3.63, 3.8) is 0 Å². The van der Waals surface area contributed by atoms with E-state index in [1.165, 1.54) is 23.1 Å². The number of nitrogens with one attached hydrogen (secondary N) is 1. The Bertz CT molecular complexity index is 933. The van der Waals surface area contributed by atoms with Crippen molar-refractivity contribution in [2.24, 2.45) is 0 Å². The van der Waals surface area contributed by atoms with Gasteiger partial charge in [0.25, 0.3) is 0 Å². The number of amides is 1. The van der Waals surface area contributed by atoms with E-state index in [2.05, 4.69) is 27.1 Å². The first-order valence-electron chi connectivity index (χ1n) is 8.62. The summed E-state index contributed by atoms with van der Waals surface area (Å²) in [7, 11) is 0. The van der Waals surface area contributed by atoms with Crippen LogP contribution in [0.4, 0.5) is 5.13 Å². The van der Waals surface area contributed by atoms with Gasteiger partial charge < -0.3 is 10.1 Å². The Labute approximate surface area is 171 Å². The fourth-order valence-electron chi connectivity index (χ4n) is 2.58. The average Bonchev–Trinajstić information content (AvgIpc) is 3.30. The lowest BCUT2D eigenvalue weighted by Crippen LogP contribution is -2.14. The SMILES string of the molecule is C=CCn1c(COc2c(C)cccc2C)nnc1SCC(=O)Nc1nccs1. The Balaban J connectivity index is 1.65. The van der Waals surface area contributed by atoms with Gasteiger partial charge in [0.2, 0.25) is 5.91 Å². The first-order valence-corrected chi connectivity index (χ1v) is 10.5. The molecule has 7 nitrogen and oxygen atoms in total. The van der Waals surface area contributed by atoms with Crippen LogP contribution in [0.25, 0.3) is 0 Å². The van der Waals surface area contributed by atoms with Crippen LogP contribution in [0.1, 0.15) is 17.0 Å². The van der Waals surface area contributed by atoms with Crippen molar-refractivity contribution in [2.75, 3.05) is 11.1 Å². The van der Waals surface area contributed by atoms with Gasteiger partial charge in [0.1, 0.15) is 12.4 Å². The predicted octanol–water partition coefficient (Wildman–Crippen LogP) is 3.85. The molecule has 146 valence electrons. The van der Waals surface area contributed by atoms with Crippen LogP contribution in [0.5, 0.6) is 5.75 Å². The van der Waals surface area contributed by atoms with E-state index < -0.39 is 0 Å². The molecule has 1 amide bonds. The summed E-state index contributed by atoms with van der Waals surface area (Å²) in [4.78, 5) is 16.1. The van der Waals surface area contributed by atoms with Crippen LogP contribution in [0.3, 0.4) is 0 Å². The molecular formula is C19H21N5O2S2. The maximum atomic E-state index is 12.1. The van der Waals surface area contributed by atoms with E-state index in [0.29, 0.717) is 29.3 Å². The molecule has 2 aromatic heterocycles. The molecule has 3 aromatic rings. The van der Waals surface area contributed by atoms with E-state index in [9.17, 15) is 4.79 Å². The summed E-state index contributed by atoms with van der Waals surface area (Å²) in [5.41, 5.74) is 2.14. The Morgan fingerprint density at radius 2 is 2.14 bits per heavy atom. The number of anilines is 1. The quantitative estimate of drug-likeness (QED) is 0.422. The third-order valence-corrected chi connectivity index (χ3v) is 5.53. The number of aryl methyl sites for hydroxylation is 2. The fraction of sp³-hybridized carbons (Fsp3) is 0.263. The van der Waals surface area contributed by atoms with E-state index in [0.717, 1.165) is 16.9 Å². The van der Waals surface area contributed by atoms with E-state index in [1.54, 1.807) is 12.3 Å². The number of aromatic nitrogens is 4. The maximum Gasteiger partial charge on any atom is 0.236 e. The van der Waals surface area contributed by atoms with Crippen LogP contribution in [0.15, 0.2) is 47.6 Å². The molecule has 0 aliphatic carbocycles. The lowest BCUT2D eigenvalue weighted by atomic mass is 10.1. The van der Waals surface area contributed by atoms with Gasteiger partial charge in [0, 0.05) is 18.1 Å². The second-order valence-corrected chi connectivity index (χ2v) is 7.82. The molecule has 0 aliphatic heterocycles. The summed E-state index contributed by atoms with van der Waals surface area (Å²) in [6, 6.07) is 6.03. The number of allylic oxidation sites excluding steroid dienone is 1. The standard InChI is InChI=1S/C19H21N5O2S2/c1-4-9-24-15(11-26-17-13(2)6-5-7-14(17)3)22-23-19(24)28-12-16(25)21-18-20-8-10-27-18/h4-8,10H,1,9,11-12H2,2-3H3,(H,20,21,25). The third kappa shape index (κ3) is 4.99. The van der Waals surface area contributed by atoms with Gasteiger partial charge in [0.15, 0.2) is 16.1 Å². The zero-order chi connectivity index (χ0) is 19.9. The van der Waals surface area contributed by atoms with Crippen LogP contribution in [0, 0.1) is 13.8 Å². The highest BCUT2D eigenvalue weighted by atomic mass is 32.2. The summed E-state index contributed by atoms with van der Waals surface area (Å²) < 4.78 is 7.90. The lowest BCUT2D eigenvalue weighted by molar-refractivity contribution is -0.113. The molecule has 0 bridgehead atoms. The Morgan fingerprint density at radius 1 is 1.36 bits per heavy atom. The molecule has 3 rings (SSSR count). The molecule has 0 fully saturated rings. The number of hydrogen-bond acceptors (Lipinski definition) is 7. The van der Waals surface area contributed by atoms with E-state index in [1.807, 2.05) is 42.0 Å². The zero-order valence-electron chi connectivity index (χ0n) is 15.7. The number of nitrogens with zero attached hydrogens (tertiary/aromatic N) is 4. The number of hydrogen-bond donors (Lipinski definition) is 1. The van der Waals surface area contributed by atoms with E-state index in [4.69, 9.17) is 4.74 Å². The van der Waals surface area contributed by atoms with Gasteiger partial charge in [-0.2, -0.15) is 0 Å². The lowest BCUT2D eigenvalue weighted by Gasteiger charge is -2.12. The third-order valence-electron chi connectivity index (χ3n) is 3.87. The molecule has 1 N–H and O–H groups in total. The average molecular weight is 416 g/mol. The van der Waals surface area contributed by atoms with Crippen LogP contribution < -0.4 is 10.1 Å². The summed E-state index contributed by atoms with van der Waals surface area (Å²) >= 11 is 2.70. The monoisotopic (exact) mass is 415 g/mol. The molecule has 9 heteroatoms. The molecule has 0 atom stereocenters. The van der Waals surface area contributed by atoms with Gasteiger partial charge in [-0.3, -0.25) is 9.36 Å². The topological polar surface area (TPSA) is 81.9 Å². The molecule has 0 saturated heterocycles. The molecule has 0 saturated carbocycles. The fourth-order valence-corrected chi connectivity index (χ4v) is 3.89. The molecule has 0 radical (unpaired) electrons. The van der Waals surface area contributed by atoms with Crippen LogP contribution in [0.2, 0.25) is 0 Å². The van der Waals surface area contributed by atoms with Gasteiger partial charge in [-0.25, -0.2) is 4.98 Å². The van der Waals surface area contributed by atoms with Crippen molar-refractivity contribution >= 4 is 34.1 Å². The predicted molar refractivity (Wildman–Crippen MR) is 112 cm³/mol. The van der Waals surface area contributed by atoms with Gasteiger partial charge in [-0.05, 0) is 25.0 Å². The summed E-state index contributed by atoms with van der Waals surface area (Å²) in [6.45, 7) is 8.65. The molecule has 0 unspecified atom stereocenters. The highest BCUT2D eigenvalue weighted by molar-refractivity contribution is 7.99. The van der Waals surface area contributed by atoms with Crippen molar-refractivity contribution in [1.29, 1.82) is 0 Å². The minimum atomic E-state index is -0.138. The first kappa shape index (κ1) is 20.1. The number of carbonyl (C=O) groups is 1. The number of thiazole rings is 1. The molecule has 0 spiro atoms. The second kappa shape index (κ2) is 9.52. The summed E-state index contributed by atoms with van der Waals surface area (Å²) in [5, 5.41) is 14.3. The van der Waals surface area contributed by atoms with Crippen molar-refractivity contribution in [2.45, 2.75) is 32.2 Å². The maximum absolute atomic E-state index is 12.1. The van der Waals surface area contributed by atoms with Crippen LogP contribution in [-0.4, -0.2) is 31.4 Å². The molecule has 1 aromatic carbocycles. The van der Waals surface area contributed by atoms with Crippen molar-refractivity contribution in [1.82, 2.24) is 19.7 Å². The van der Waals surface area contributed by atoms with Crippen LogP contribution in [-0.2, 0) is 17.9 Å². The Kier molecular flexibility index (Phi) is 6.83. The number of thioether (sulfide) groups is 1. The van der Waals surface area contributed by atoms with Crippen molar-refractivity contribution < 1.29 is 9.53 Å². The van der Waals surface area contributed by atoms with E-state index >= 15 is 0 Å². The number of rotatable bonds is 9. The highest BCUT2D eigenvalue weighted by Crippen LogP contribution is 2.24. The van der Waals surface area contributed by atoms with Crippen molar-refractivity contribution in [3.8, 4) is 5.75 Å². The number of benzene rings is 1. The minimum absolute atomic E-state index is 0.138. The molecular weight excluding hydrogens is 394 g/mol. The minimum Gasteiger partial charge on any atom is -0.485 e. The van der Waals surface area contributed by atoms with Gasteiger partial charge in [0.05, 0.1) is 5.75 Å². The number of ether oxygens (including phenoxy) is 1. The van der Waals surface area contributed by atoms with Gasteiger partial charge in [-0.1, -0.05) is 36.0 Å². The Morgan fingerprint density at radius 3 is 2.82 bits per heavy atom. The van der Waals surface area contributed by atoms with Gasteiger partial charge in [-0.15, -0.1) is 28.1 Å². The zero-order valence-corrected chi connectivity index (χ0v) is 17.3. The summed E-state index contributed by atoms with van der Waals surface area (Å²) in [6.07, 6.45) is 3.42. The largest absolute Gasteiger partial charge is 0.485 e. The van der Waals surface area contributed by atoms with Crippen LogP contribution >= 0.6 is 23.1 Å².